The quantitative estimate of drug-likeness (QED) is 0.526. The average Bonchev–Trinajstić information content (AvgIpc) is 2.65. The summed E-state index contributed by atoms with van der Waals surface area (Å²) >= 11 is 0. The highest BCUT2D eigenvalue weighted by molar-refractivity contribution is 6.31. The zero-order chi connectivity index (χ0) is 23.1. The predicted molar refractivity (Wildman–Crippen MR) is 121 cm³/mol. The Hall–Kier alpha value is -2.63. The Morgan fingerprint density at radius 1 is 0.935 bits per heavy atom. The maximum atomic E-state index is 13.2. The lowest BCUT2D eigenvalue weighted by molar-refractivity contribution is -0.132. The van der Waals surface area contributed by atoms with Crippen molar-refractivity contribution in [1.29, 1.82) is 0 Å². The number of imide groups is 2. The Bertz CT molecular complexity index is 906. The highest BCUT2D eigenvalue weighted by atomic mass is 16.3. The van der Waals surface area contributed by atoms with Crippen LogP contribution in [0.5, 0.6) is 5.75 Å². The third-order valence-electron chi connectivity index (χ3n) is 6.13. The van der Waals surface area contributed by atoms with Crippen LogP contribution in [0.25, 0.3) is 6.08 Å². The molecule has 0 unspecified atom stereocenters. The molecule has 1 saturated heterocycles. The first-order valence-electron chi connectivity index (χ1n) is 11.1. The molecule has 0 radical (unpaired) electrons. The van der Waals surface area contributed by atoms with Gasteiger partial charge in [-0.1, -0.05) is 60.8 Å². The van der Waals surface area contributed by atoms with Crippen LogP contribution in [0.2, 0.25) is 0 Å². The van der Waals surface area contributed by atoms with Crippen molar-refractivity contribution >= 4 is 23.9 Å². The normalized spacial score (nSPS) is 20.4. The number of benzene rings is 1. The summed E-state index contributed by atoms with van der Waals surface area (Å²) < 4.78 is 0. The van der Waals surface area contributed by atoms with E-state index >= 15 is 0 Å². The Kier molecular flexibility index (Phi) is 6.05. The molecule has 0 spiro atoms. The van der Waals surface area contributed by atoms with E-state index in [-0.39, 0.29) is 28.2 Å². The van der Waals surface area contributed by atoms with Gasteiger partial charge in [0.2, 0.25) is 0 Å². The highest BCUT2D eigenvalue weighted by Crippen LogP contribution is 2.40. The van der Waals surface area contributed by atoms with Crippen LogP contribution in [0.3, 0.4) is 0 Å². The SMILES string of the molecule is CC(C)(C)c1cc(/C=C2/C(=O)NC(=O)N(C3CCCCC3)C2=O)cc(C(C)(C)C)c1O. The molecule has 3 rings (SSSR count). The molecule has 1 aromatic rings. The molecule has 4 amide bonds. The van der Waals surface area contributed by atoms with Gasteiger partial charge in [0.1, 0.15) is 11.3 Å². The minimum Gasteiger partial charge on any atom is -0.507 e. The lowest BCUT2D eigenvalue weighted by Gasteiger charge is -2.35. The van der Waals surface area contributed by atoms with Crippen molar-refractivity contribution in [1.82, 2.24) is 10.2 Å². The van der Waals surface area contributed by atoms with Gasteiger partial charge in [0.15, 0.2) is 0 Å². The zero-order valence-corrected chi connectivity index (χ0v) is 19.5. The smallest absolute Gasteiger partial charge is 0.331 e. The molecule has 2 fully saturated rings. The van der Waals surface area contributed by atoms with Gasteiger partial charge in [-0.15, -0.1) is 0 Å². The Morgan fingerprint density at radius 2 is 1.45 bits per heavy atom. The molecule has 1 aliphatic heterocycles. The molecule has 2 aliphatic rings. The lowest BCUT2D eigenvalue weighted by Crippen LogP contribution is -2.58. The van der Waals surface area contributed by atoms with Gasteiger partial charge in [0.05, 0.1) is 0 Å². The van der Waals surface area contributed by atoms with E-state index in [9.17, 15) is 19.5 Å². The summed E-state index contributed by atoms with van der Waals surface area (Å²) in [4.78, 5) is 39.5. The summed E-state index contributed by atoms with van der Waals surface area (Å²) in [6, 6.07) is 2.84. The van der Waals surface area contributed by atoms with E-state index in [1.54, 1.807) is 6.08 Å². The number of barbiturate groups is 1. The standard InChI is InChI=1S/C25H34N2O4/c1-24(2,3)18-13-15(14-19(20(18)28)25(4,5)6)12-17-21(29)26-23(31)27(22(17)30)16-10-8-7-9-11-16/h12-14,16,28H,7-11H2,1-6H3,(H,26,29,31)/b17-12-. The van der Waals surface area contributed by atoms with Crippen LogP contribution in [-0.4, -0.2) is 33.9 Å². The van der Waals surface area contributed by atoms with Crippen LogP contribution in [0, 0.1) is 0 Å². The number of nitrogens with zero attached hydrogens (tertiary/aromatic N) is 1. The second kappa shape index (κ2) is 8.13. The summed E-state index contributed by atoms with van der Waals surface area (Å²) in [5.41, 5.74) is 1.44. The first kappa shape index (κ1) is 23.0. The van der Waals surface area contributed by atoms with Gasteiger partial charge in [-0.3, -0.25) is 19.8 Å². The molecule has 168 valence electrons. The van der Waals surface area contributed by atoms with Crippen LogP contribution in [0.15, 0.2) is 17.7 Å². The molecule has 1 heterocycles. The molecular weight excluding hydrogens is 392 g/mol. The average molecular weight is 427 g/mol. The molecule has 0 aromatic heterocycles. The molecule has 2 N–H and O–H groups in total. The van der Waals surface area contributed by atoms with Crippen molar-refractivity contribution in [3.05, 3.63) is 34.4 Å². The fraction of sp³-hybridized carbons (Fsp3) is 0.560. The second-order valence-corrected chi connectivity index (χ2v) is 10.7. The van der Waals surface area contributed by atoms with E-state index in [1.807, 2.05) is 53.7 Å². The molecule has 6 nitrogen and oxygen atoms in total. The van der Waals surface area contributed by atoms with Crippen LogP contribution in [-0.2, 0) is 20.4 Å². The minimum atomic E-state index is -0.676. The molecule has 31 heavy (non-hydrogen) atoms. The van der Waals surface area contributed by atoms with Crippen LogP contribution < -0.4 is 5.32 Å². The van der Waals surface area contributed by atoms with Gasteiger partial charge < -0.3 is 5.11 Å². The number of carbonyl (C=O) groups excluding carboxylic acids is 3. The zero-order valence-electron chi connectivity index (χ0n) is 19.5. The fourth-order valence-corrected chi connectivity index (χ4v) is 4.39. The Balaban J connectivity index is 2.09. The third kappa shape index (κ3) is 4.68. The van der Waals surface area contributed by atoms with Crippen molar-refractivity contribution in [3.63, 3.8) is 0 Å². The second-order valence-electron chi connectivity index (χ2n) is 10.7. The number of phenols is 1. The van der Waals surface area contributed by atoms with Crippen molar-refractivity contribution in [2.45, 2.75) is 90.5 Å². The summed E-state index contributed by atoms with van der Waals surface area (Å²) in [5.74, 6) is -0.978. The molecule has 1 aromatic carbocycles. The number of rotatable bonds is 2. The van der Waals surface area contributed by atoms with E-state index < -0.39 is 17.8 Å². The molecule has 6 heteroatoms. The van der Waals surface area contributed by atoms with E-state index in [1.165, 1.54) is 4.90 Å². The minimum absolute atomic E-state index is 0.0458. The van der Waals surface area contributed by atoms with Crippen LogP contribution in [0.4, 0.5) is 4.79 Å². The molecule has 1 aliphatic carbocycles. The number of hydrogen-bond donors (Lipinski definition) is 2. The summed E-state index contributed by atoms with van der Waals surface area (Å²) in [6.45, 7) is 12.0. The third-order valence-corrected chi connectivity index (χ3v) is 6.13. The summed E-state index contributed by atoms with van der Waals surface area (Å²) in [7, 11) is 0. The van der Waals surface area contributed by atoms with Gasteiger partial charge in [-0.05, 0) is 47.4 Å². The highest BCUT2D eigenvalue weighted by Gasteiger charge is 2.40. The number of carbonyl (C=O) groups is 3. The van der Waals surface area contributed by atoms with Crippen LogP contribution >= 0.6 is 0 Å². The first-order chi connectivity index (χ1) is 14.3. The van der Waals surface area contributed by atoms with Gasteiger partial charge >= 0.3 is 6.03 Å². The van der Waals surface area contributed by atoms with Gasteiger partial charge in [0.25, 0.3) is 11.8 Å². The van der Waals surface area contributed by atoms with Crippen molar-refractivity contribution in [3.8, 4) is 5.75 Å². The number of amides is 4. The van der Waals surface area contributed by atoms with Crippen molar-refractivity contribution in [2.24, 2.45) is 0 Å². The monoisotopic (exact) mass is 426 g/mol. The summed E-state index contributed by atoms with van der Waals surface area (Å²) in [5, 5.41) is 13.3. The summed E-state index contributed by atoms with van der Waals surface area (Å²) in [6.07, 6.45) is 6.11. The van der Waals surface area contributed by atoms with Gasteiger partial charge in [0, 0.05) is 17.2 Å². The first-order valence-corrected chi connectivity index (χ1v) is 11.1. The van der Waals surface area contributed by atoms with Crippen molar-refractivity contribution < 1.29 is 19.5 Å². The van der Waals surface area contributed by atoms with Crippen LogP contribution in [0.1, 0.15) is 90.3 Å². The lowest BCUT2D eigenvalue weighted by atomic mass is 9.78. The maximum absolute atomic E-state index is 13.2. The Morgan fingerprint density at radius 3 is 1.94 bits per heavy atom. The topological polar surface area (TPSA) is 86.7 Å². The van der Waals surface area contributed by atoms with E-state index in [0.717, 1.165) is 43.2 Å². The van der Waals surface area contributed by atoms with Gasteiger partial charge in [-0.25, -0.2) is 4.79 Å². The maximum Gasteiger partial charge on any atom is 0.331 e. The molecule has 0 atom stereocenters. The van der Waals surface area contributed by atoms with Gasteiger partial charge in [-0.2, -0.15) is 0 Å². The number of phenolic OH excluding ortho intramolecular Hbond substituents is 1. The number of urea groups is 1. The predicted octanol–water partition coefficient (Wildman–Crippen LogP) is 4.78. The van der Waals surface area contributed by atoms with Crippen molar-refractivity contribution in [2.75, 3.05) is 0 Å². The number of nitrogens with one attached hydrogen (secondary N) is 1. The molecule has 0 bridgehead atoms. The van der Waals surface area contributed by atoms with E-state index in [4.69, 9.17) is 0 Å². The largest absolute Gasteiger partial charge is 0.507 e. The van der Waals surface area contributed by atoms with E-state index in [2.05, 4.69) is 5.32 Å². The number of aromatic hydroxyl groups is 1. The molecular formula is C25H34N2O4. The fourth-order valence-electron chi connectivity index (χ4n) is 4.39. The Labute approximate surface area is 184 Å². The van der Waals surface area contributed by atoms with E-state index in [0.29, 0.717) is 5.56 Å². The molecule has 1 saturated carbocycles. The number of hydrogen-bond acceptors (Lipinski definition) is 4.